The van der Waals surface area contributed by atoms with Gasteiger partial charge in [-0.05, 0) is 63.6 Å². The zero-order valence-electron chi connectivity index (χ0n) is 18.1. The molecule has 3 fully saturated rings. The van der Waals surface area contributed by atoms with Crippen LogP contribution >= 0.6 is 0 Å². The Morgan fingerprint density at radius 3 is 2.81 bits per heavy atom. The van der Waals surface area contributed by atoms with Crippen LogP contribution in [0.4, 0.5) is 4.79 Å². The van der Waals surface area contributed by atoms with Crippen molar-refractivity contribution < 1.29 is 14.3 Å². The van der Waals surface area contributed by atoms with Crippen LogP contribution in [0, 0.1) is 0 Å². The molecule has 5 rings (SSSR count). The standard InChI is InChI=1S/C23H31N5O3/c1-2-24-22(30)28(17-4-5-17)18-7-12-31-23(14-18)8-10-27(11-9-23)21(29)16-3-6-19-20(13-16)26-15-25-19/h3,6,13,15,17-18H,2,4-5,7-12,14H2,1H3,(H,24,30)(H,25,26). The summed E-state index contributed by atoms with van der Waals surface area (Å²) in [7, 11) is 0. The fraction of sp³-hybridized carbons (Fsp3) is 0.609. The summed E-state index contributed by atoms with van der Waals surface area (Å²) in [5.41, 5.74) is 2.20. The molecule has 2 N–H and O–H groups in total. The second-order valence-electron chi connectivity index (χ2n) is 9.08. The highest BCUT2D eigenvalue weighted by atomic mass is 16.5. The maximum absolute atomic E-state index is 13.1. The van der Waals surface area contributed by atoms with E-state index in [1.165, 1.54) is 0 Å². The summed E-state index contributed by atoms with van der Waals surface area (Å²) in [5.74, 6) is 0.0561. The van der Waals surface area contributed by atoms with Gasteiger partial charge in [-0.15, -0.1) is 0 Å². The number of likely N-dealkylation sites (tertiary alicyclic amines) is 1. The molecule has 1 aromatic carbocycles. The predicted octanol–water partition coefficient (Wildman–Crippen LogP) is 2.91. The minimum absolute atomic E-state index is 0.0561. The lowest BCUT2D eigenvalue weighted by Gasteiger charge is -2.48. The van der Waals surface area contributed by atoms with Gasteiger partial charge >= 0.3 is 6.03 Å². The second-order valence-corrected chi connectivity index (χ2v) is 9.08. The summed E-state index contributed by atoms with van der Waals surface area (Å²) in [4.78, 5) is 37.0. The number of fused-ring (bicyclic) bond motifs is 1. The first-order valence-corrected chi connectivity index (χ1v) is 11.5. The number of nitrogens with one attached hydrogen (secondary N) is 2. The highest BCUT2D eigenvalue weighted by Gasteiger charge is 2.46. The normalized spacial score (nSPS) is 23.1. The molecular weight excluding hydrogens is 394 g/mol. The quantitative estimate of drug-likeness (QED) is 0.788. The highest BCUT2D eigenvalue weighted by molar-refractivity contribution is 5.97. The Hall–Kier alpha value is -2.61. The molecule has 31 heavy (non-hydrogen) atoms. The fourth-order valence-corrected chi connectivity index (χ4v) is 5.18. The van der Waals surface area contributed by atoms with Crippen molar-refractivity contribution >= 4 is 23.0 Å². The third-order valence-corrected chi connectivity index (χ3v) is 6.99. The summed E-state index contributed by atoms with van der Waals surface area (Å²) in [6.07, 6.45) is 7.23. The van der Waals surface area contributed by atoms with Gasteiger partial charge in [0.15, 0.2) is 0 Å². The Balaban J connectivity index is 1.24. The minimum Gasteiger partial charge on any atom is -0.375 e. The molecule has 2 aromatic rings. The number of carbonyl (C=O) groups is 2. The van der Waals surface area contributed by atoms with E-state index >= 15 is 0 Å². The van der Waals surface area contributed by atoms with E-state index in [0.717, 1.165) is 49.6 Å². The maximum Gasteiger partial charge on any atom is 0.317 e. The van der Waals surface area contributed by atoms with Crippen molar-refractivity contribution in [3.05, 3.63) is 30.1 Å². The summed E-state index contributed by atoms with van der Waals surface area (Å²) in [5, 5.41) is 2.99. The van der Waals surface area contributed by atoms with Crippen LogP contribution in [-0.4, -0.2) is 75.6 Å². The summed E-state index contributed by atoms with van der Waals surface area (Å²) >= 11 is 0. The van der Waals surface area contributed by atoms with Gasteiger partial charge in [0.25, 0.3) is 5.91 Å². The lowest BCUT2D eigenvalue weighted by molar-refractivity contribution is -0.126. The van der Waals surface area contributed by atoms with Crippen molar-refractivity contribution in [2.75, 3.05) is 26.2 Å². The molecule has 1 aromatic heterocycles. The topological polar surface area (TPSA) is 90.6 Å². The number of carbonyl (C=O) groups excluding carboxylic acids is 2. The van der Waals surface area contributed by atoms with Gasteiger partial charge in [-0.2, -0.15) is 0 Å². The monoisotopic (exact) mass is 425 g/mol. The van der Waals surface area contributed by atoms with Crippen molar-refractivity contribution in [2.24, 2.45) is 0 Å². The number of amides is 3. The number of hydrogen-bond donors (Lipinski definition) is 2. The molecule has 1 atom stereocenters. The van der Waals surface area contributed by atoms with E-state index in [-0.39, 0.29) is 23.6 Å². The Morgan fingerprint density at radius 1 is 1.26 bits per heavy atom. The van der Waals surface area contributed by atoms with Crippen LogP contribution in [-0.2, 0) is 4.74 Å². The van der Waals surface area contributed by atoms with Crippen molar-refractivity contribution in [3.8, 4) is 0 Å². The summed E-state index contributed by atoms with van der Waals surface area (Å²) in [6.45, 7) is 4.65. The van der Waals surface area contributed by atoms with E-state index in [1.807, 2.05) is 30.0 Å². The Kier molecular flexibility index (Phi) is 5.33. The molecule has 166 valence electrons. The van der Waals surface area contributed by atoms with Crippen LogP contribution in [0.2, 0.25) is 0 Å². The van der Waals surface area contributed by atoms with Crippen molar-refractivity contribution in [3.63, 3.8) is 0 Å². The molecule has 3 aliphatic rings. The molecule has 1 saturated carbocycles. The number of aromatic nitrogens is 2. The van der Waals surface area contributed by atoms with Gasteiger partial charge in [0.05, 0.1) is 23.0 Å². The average molecular weight is 426 g/mol. The SMILES string of the molecule is CCNC(=O)N(C1CC1)C1CCOC2(CCN(C(=O)c3ccc4nc[nH]c4c3)CC2)C1. The van der Waals surface area contributed by atoms with E-state index in [9.17, 15) is 9.59 Å². The van der Waals surface area contributed by atoms with E-state index in [2.05, 4.69) is 20.2 Å². The molecule has 3 heterocycles. The first-order chi connectivity index (χ1) is 15.1. The highest BCUT2D eigenvalue weighted by Crippen LogP contribution is 2.40. The van der Waals surface area contributed by atoms with Crippen LogP contribution in [0.15, 0.2) is 24.5 Å². The molecule has 0 radical (unpaired) electrons. The molecule has 2 aliphatic heterocycles. The van der Waals surface area contributed by atoms with Gasteiger partial charge in [0, 0.05) is 43.9 Å². The van der Waals surface area contributed by atoms with Gasteiger partial charge in [-0.1, -0.05) is 0 Å². The third kappa shape index (κ3) is 4.01. The molecule has 0 bridgehead atoms. The molecular formula is C23H31N5O3. The summed E-state index contributed by atoms with van der Waals surface area (Å²) in [6, 6.07) is 6.27. The number of benzene rings is 1. The number of H-pyrrole nitrogens is 1. The minimum atomic E-state index is -0.230. The molecule has 1 aliphatic carbocycles. The number of urea groups is 1. The maximum atomic E-state index is 13.1. The van der Waals surface area contributed by atoms with Crippen LogP contribution in [0.3, 0.4) is 0 Å². The van der Waals surface area contributed by atoms with E-state index in [0.29, 0.717) is 37.8 Å². The Labute approximate surface area is 182 Å². The van der Waals surface area contributed by atoms with Crippen LogP contribution in [0.1, 0.15) is 55.8 Å². The van der Waals surface area contributed by atoms with Gasteiger partial charge in [0.2, 0.25) is 0 Å². The number of nitrogens with zero attached hydrogens (tertiary/aromatic N) is 3. The average Bonchev–Trinajstić information content (AvgIpc) is 3.49. The Morgan fingerprint density at radius 2 is 2.06 bits per heavy atom. The summed E-state index contributed by atoms with van der Waals surface area (Å²) < 4.78 is 6.30. The number of piperidine rings is 1. The molecule has 3 amide bonds. The fourth-order valence-electron chi connectivity index (χ4n) is 5.18. The van der Waals surface area contributed by atoms with Gasteiger partial charge in [0.1, 0.15) is 0 Å². The number of imidazole rings is 1. The zero-order valence-corrected chi connectivity index (χ0v) is 18.1. The molecule has 1 spiro atoms. The first-order valence-electron chi connectivity index (χ1n) is 11.5. The third-order valence-electron chi connectivity index (χ3n) is 6.99. The Bertz CT molecular complexity index is 961. The van der Waals surface area contributed by atoms with Crippen LogP contribution < -0.4 is 5.32 Å². The van der Waals surface area contributed by atoms with Gasteiger partial charge in [-0.25, -0.2) is 9.78 Å². The molecule has 2 saturated heterocycles. The van der Waals surface area contributed by atoms with Crippen molar-refractivity contribution in [1.29, 1.82) is 0 Å². The smallest absolute Gasteiger partial charge is 0.317 e. The van der Waals surface area contributed by atoms with E-state index < -0.39 is 0 Å². The van der Waals surface area contributed by atoms with Gasteiger partial charge in [-0.3, -0.25) is 4.79 Å². The number of aromatic amines is 1. The zero-order chi connectivity index (χ0) is 21.4. The molecule has 1 unspecified atom stereocenters. The number of ether oxygens (including phenoxy) is 1. The van der Waals surface area contributed by atoms with Crippen LogP contribution in [0.25, 0.3) is 11.0 Å². The van der Waals surface area contributed by atoms with Crippen LogP contribution in [0.5, 0.6) is 0 Å². The number of hydrogen-bond acceptors (Lipinski definition) is 4. The first kappa shape index (κ1) is 20.3. The lowest BCUT2D eigenvalue weighted by Crippen LogP contribution is -2.57. The van der Waals surface area contributed by atoms with E-state index in [1.54, 1.807) is 6.33 Å². The molecule has 8 heteroatoms. The second kappa shape index (κ2) is 8.15. The molecule has 8 nitrogen and oxygen atoms in total. The lowest BCUT2D eigenvalue weighted by atomic mass is 9.81. The predicted molar refractivity (Wildman–Crippen MR) is 117 cm³/mol. The van der Waals surface area contributed by atoms with Crippen molar-refractivity contribution in [1.82, 2.24) is 25.1 Å². The number of rotatable bonds is 4. The largest absolute Gasteiger partial charge is 0.375 e. The van der Waals surface area contributed by atoms with E-state index in [4.69, 9.17) is 4.74 Å². The van der Waals surface area contributed by atoms with Crippen molar-refractivity contribution in [2.45, 2.75) is 63.1 Å². The van der Waals surface area contributed by atoms with Gasteiger partial charge < -0.3 is 24.8 Å².